The number of nitrogens with zero attached hydrogens (tertiary/aromatic N) is 1. The van der Waals surface area contributed by atoms with E-state index in [4.69, 9.17) is 66.9 Å². The second-order valence-electron chi connectivity index (χ2n) is 14.6. The first kappa shape index (κ1) is 43.9. The quantitative estimate of drug-likeness (QED) is 0.0945. The summed E-state index contributed by atoms with van der Waals surface area (Å²) in [4.78, 5) is 3.51. The predicted octanol–water partition coefficient (Wildman–Crippen LogP) is 11.5. The molecule has 0 fully saturated rings. The number of aromatic amines is 1. The molecule has 2 aromatic heterocycles. The van der Waals surface area contributed by atoms with Gasteiger partial charge < -0.3 is 37.4 Å². The minimum absolute atomic E-state index is 0.0300. The monoisotopic (exact) mass is 928 g/mol. The maximum atomic E-state index is 13.2. The first-order valence-corrected chi connectivity index (χ1v) is 22.2. The highest BCUT2D eigenvalue weighted by atomic mass is 35.6. The van der Waals surface area contributed by atoms with Crippen molar-refractivity contribution in [3.05, 3.63) is 132 Å². The van der Waals surface area contributed by atoms with Gasteiger partial charge in [0, 0.05) is 40.4 Å². The number of alkyl halides is 3. The molecule has 0 aliphatic carbocycles. The van der Waals surface area contributed by atoms with Gasteiger partial charge in [-0.05, 0) is 83.3 Å². The van der Waals surface area contributed by atoms with Crippen molar-refractivity contribution in [2.24, 2.45) is 0 Å². The molecule has 326 valence electrons. The van der Waals surface area contributed by atoms with E-state index in [2.05, 4.69) is 45.9 Å². The highest BCUT2D eigenvalue weighted by Gasteiger charge is 2.31. The molecule has 0 aliphatic heterocycles. The molecule has 6 aromatic carbocycles. The molecular formula is C48H43Cl3N2O9S. The fraction of sp³-hybridized carbons (Fsp3) is 0.208. The van der Waals surface area contributed by atoms with E-state index in [0.717, 1.165) is 66.9 Å². The van der Waals surface area contributed by atoms with Crippen LogP contribution in [-0.4, -0.2) is 63.9 Å². The van der Waals surface area contributed by atoms with Crippen LogP contribution in [0.4, 0.5) is 0 Å². The number of rotatable bonds is 16. The summed E-state index contributed by atoms with van der Waals surface area (Å²) in [6, 6.07) is 37.2. The van der Waals surface area contributed by atoms with Gasteiger partial charge in [-0.3, -0.25) is 0 Å². The average molecular weight is 930 g/mol. The Morgan fingerprint density at radius 1 is 0.603 bits per heavy atom. The number of hydrogen-bond acceptors (Lipinski definition) is 9. The highest BCUT2D eigenvalue weighted by Crippen LogP contribution is 2.52. The molecule has 0 unspecified atom stereocenters. The van der Waals surface area contributed by atoms with E-state index in [0.29, 0.717) is 53.1 Å². The van der Waals surface area contributed by atoms with E-state index in [1.807, 2.05) is 66.7 Å². The number of aromatic nitrogens is 2. The number of nitrogens with one attached hydrogen (secondary N) is 1. The number of hydrogen-bond donors (Lipinski definition) is 1. The van der Waals surface area contributed by atoms with Crippen LogP contribution in [0.5, 0.6) is 34.5 Å². The van der Waals surface area contributed by atoms with Gasteiger partial charge in [-0.15, -0.1) is 0 Å². The number of ether oxygens (including phenoxy) is 5. The summed E-state index contributed by atoms with van der Waals surface area (Å²) >= 11 is 17.5. The normalized spacial score (nSPS) is 11.9. The molecule has 15 heteroatoms. The van der Waals surface area contributed by atoms with Gasteiger partial charge in [-0.2, -0.15) is 8.42 Å². The largest absolute Gasteiger partial charge is 0.497 e. The molecule has 0 saturated heterocycles. The van der Waals surface area contributed by atoms with E-state index < -0.39 is 20.8 Å². The maximum Gasteiger partial charge on any atom is 0.449 e. The minimum atomic E-state index is -4.70. The third-order valence-electron chi connectivity index (χ3n) is 10.9. The Morgan fingerprint density at radius 3 is 1.65 bits per heavy atom. The Labute approximate surface area is 380 Å². The van der Waals surface area contributed by atoms with Gasteiger partial charge in [0.25, 0.3) is 0 Å². The van der Waals surface area contributed by atoms with Crippen molar-refractivity contribution in [3.63, 3.8) is 0 Å². The molecular weight excluding hydrogens is 887 g/mol. The zero-order valence-corrected chi connectivity index (χ0v) is 38.0. The van der Waals surface area contributed by atoms with Crippen LogP contribution in [0, 0.1) is 0 Å². The summed E-state index contributed by atoms with van der Waals surface area (Å²) in [6.45, 7) is -0.188. The number of fused-ring (bicyclic) bond motifs is 5. The predicted molar refractivity (Wildman–Crippen MR) is 250 cm³/mol. The van der Waals surface area contributed by atoms with Gasteiger partial charge in [0.15, 0.2) is 11.5 Å². The van der Waals surface area contributed by atoms with Crippen LogP contribution in [0.15, 0.2) is 115 Å². The van der Waals surface area contributed by atoms with Gasteiger partial charge in [0.1, 0.15) is 29.6 Å². The lowest BCUT2D eigenvalue weighted by Gasteiger charge is -2.18. The standard InChI is InChI=1S/C48H43Cl3N2O9S/c1-56-33-17-9-29(10-18-33)25-26-53-38(27-30-11-19-34(57-2)20-12-30)40(31-13-21-35(58-3)22-14-31)43-42-37-7-6-8-39(62-63(54,55)61-28-48(49,50)51)44(37)52-45(42)47(60-5)41(46(43)53)32-15-23-36(59-4)24-16-32/h6-24,52H,25-28H2,1-5H3. The SMILES string of the molecule is COc1ccc(CCn2c(Cc3ccc(OC)cc3)c(-c3ccc(OC)cc3)c3c4c([nH]c5c(OS(=O)(=O)OCC(Cl)(Cl)Cl)cccc54)c(OC)c(-c4ccc(OC)cc4)c32)cc1. The summed E-state index contributed by atoms with van der Waals surface area (Å²) in [7, 11) is 3.50. The van der Waals surface area contributed by atoms with E-state index in [1.54, 1.807) is 41.6 Å². The second-order valence-corrected chi connectivity index (χ2v) is 18.3. The van der Waals surface area contributed by atoms with Gasteiger partial charge >= 0.3 is 10.4 Å². The number of para-hydroxylation sites is 1. The average Bonchev–Trinajstić information content (AvgIpc) is 3.83. The molecule has 63 heavy (non-hydrogen) atoms. The number of benzene rings is 6. The fourth-order valence-electron chi connectivity index (χ4n) is 8.07. The zero-order chi connectivity index (χ0) is 44.5. The molecule has 1 N–H and O–H groups in total. The molecule has 8 aromatic rings. The summed E-state index contributed by atoms with van der Waals surface area (Å²) in [5, 5.41) is 2.35. The molecule has 0 aliphatic rings. The van der Waals surface area contributed by atoms with Gasteiger partial charge in [0.05, 0.1) is 57.7 Å². The lowest BCUT2D eigenvalue weighted by atomic mass is 9.92. The Morgan fingerprint density at radius 2 is 1.13 bits per heavy atom. The van der Waals surface area contributed by atoms with Crippen LogP contribution in [0.1, 0.15) is 16.8 Å². The van der Waals surface area contributed by atoms with Crippen LogP contribution in [-0.2, 0) is 34.0 Å². The van der Waals surface area contributed by atoms with Crippen molar-refractivity contribution in [2.45, 2.75) is 23.2 Å². The number of aryl methyl sites for hydroxylation is 2. The van der Waals surface area contributed by atoms with Crippen LogP contribution in [0.25, 0.3) is 55.0 Å². The van der Waals surface area contributed by atoms with Crippen molar-refractivity contribution in [1.29, 1.82) is 0 Å². The van der Waals surface area contributed by atoms with Crippen molar-refractivity contribution < 1.29 is 40.5 Å². The van der Waals surface area contributed by atoms with Gasteiger partial charge in [0.2, 0.25) is 3.79 Å². The van der Waals surface area contributed by atoms with Crippen LogP contribution >= 0.6 is 34.8 Å². The number of methoxy groups -OCH3 is 5. The summed E-state index contributed by atoms with van der Waals surface area (Å²) in [6.07, 6.45) is 1.20. The molecule has 0 atom stereocenters. The van der Waals surface area contributed by atoms with Crippen molar-refractivity contribution in [1.82, 2.24) is 9.55 Å². The van der Waals surface area contributed by atoms with Crippen molar-refractivity contribution in [2.75, 3.05) is 42.2 Å². The second kappa shape index (κ2) is 18.1. The first-order valence-electron chi connectivity index (χ1n) is 19.7. The minimum Gasteiger partial charge on any atom is -0.497 e. The van der Waals surface area contributed by atoms with E-state index in [-0.39, 0.29) is 5.75 Å². The number of halogens is 3. The molecule has 0 amide bonds. The van der Waals surface area contributed by atoms with Crippen LogP contribution in [0.3, 0.4) is 0 Å². The summed E-state index contributed by atoms with van der Waals surface area (Å²) in [5.41, 5.74) is 8.66. The topological polar surface area (TPSA) is 119 Å². The van der Waals surface area contributed by atoms with E-state index in [1.165, 1.54) is 6.07 Å². The van der Waals surface area contributed by atoms with Crippen molar-refractivity contribution in [3.8, 4) is 56.8 Å². The summed E-state index contributed by atoms with van der Waals surface area (Å²) in [5.74, 6) is 3.41. The molecule has 0 saturated carbocycles. The number of H-pyrrole nitrogens is 1. The van der Waals surface area contributed by atoms with Gasteiger partial charge in [-0.1, -0.05) is 95.5 Å². The Bertz CT molecular complexity index is 3020. The summed E-state index contributed by atoms with van der Waals surface area (Å²) < 4.78 is 66.1. The van der Waals surface area contributed by atoms with E-state index >= 15 is 0 Å². The molecule has 2 heterocycles. The fourth-order valence-corrected chi connectivity index (χ4v) is 9.15. The maximum absolute atomic E-state index is 13.2. The Balaban J connectivity index is 1.51. The third-order valence-corrected chi connectivity index (χ3v) is 12.1. The van der Waals surface area contributed by atoms with Crippen molar-refractivity contribution >= 4 is 77.9 Å². The molecule has 0 bridgehead atoms. The molecule has 0 radical (unpaired) electrons. The molecule has 0 spiro atoms. The lowest BCUT2D eigenvalue weighted by molar-refractivity contribution is 0.279. The molecule has 11 nitrogen and oxygen atoms in total. The van der Waals surface area contributed by atoms with Crippen LogP contribution < -0.4 is 27.9 Å². The van der Waals surface area contributed by atoms with Crippen LogP contribution in [0.2, 0.25) is 0 Å². The molecule has 8 rings (SSSR count). The Hall–Kier alpha value is -5.76. The highest BCUT2D eigenvalue weighted by molar-refractivity contribution is 7.82. The first-order chi connectivity index (χ1) is 30.3. The Kier molecular flexibility index (Phi) is 12.6. The van der Waals surface area contributed by atoms with E-state index in [9.17, 15) is 8.42 Å². The third kappa shape index (κ3) is 9.05. The zero-order valence-electron chi connectivity index (χ0n) is 35.0. The smallest absolute Gasteiger partial charge is 0.449 e. The lowest BCUT2D eigenvalue weighted by Crippen LogP contribution is -2.21. The van der Waals surface area contributed by atoms with Gasteiger partial charge in [-0.25, -0.2) is 4.18 Å².